The van der Waals surface area contributed by atoms with Crippen molar-refractivity contribution in [3.8, 4) is 5.88 Å². The monoisotopic (exact) mass is 464 g/mol. The van der Waals surface area contributed by atoms with E-state index in [1.165, 1.54) is 24.4 Å². The molecule has 1 saturated heterocycles. The van der Waals surface area contributed by atoms with Gasteiger partial charge in [-0.1, -0.05) is 23.7 Å². The van der Waals surface area contributed by atoms with Crippen LogP contribution in [0, 0.1) is 5.82 Å². The van der Waals surface area contributed by atoms with Crippen LogP contribution in [0.25, 0.3) is 0 Å². The fourth-order valence-corrected chi connectivity index (χ4v) is 3.80. The minimum atomic E-state index is -1.05. The molecule has 2 N–H and O–H groups in total. The Morgan fingerprint density at radius 2 is 1.97 bits per heavy atom. The molecule has 0 bridgehead atoms. The summed E-state index contributed by atoms with van der Waals surface area (Å²) in [5.74, 6) is -1.39. The number of carbonyl (C=O) groups is 2. The van der Waals surface area contributed by atoms with Crippen molar-refractivity contribution < 1.29 is 23.8 Å². The number of aromatic nitrogens is 1. The maximum atomic E-state index is 13.2. The number of carboxylic acid groups (broad SMARTS) is 1. The third kappa shape index (κ3) is 6.30. The number of pyridine rings is 1. The first-order chi connectivity index (χ1) is 15.2. The molecule has 1 aromatic heterocycles. The van der Waals surface area contributed by atoms with Crippen molar-refractivity contribution in [2.75, 3.05) is 31.6 Å². The molecule has 1 fully saturated rings. The number of hydrogen-bond donors (Lipinski definition) is 2. The van der Waals surface area contributed by atoms with Crippen LogP contribution in [0.5, 0.6) is 5.88 Å². The molecule has 2 aromatic rings. The minimum absolute atomic E-state index is 0.0365. The van der Waals surface area contributed by atoms with Crippen molar-refractivity contribution in [3.05, 3.63) is 52.9 Å². The number of hydrogen-bond acceptors (Lipinski definition) is 6. The van der Waals surface area contributed by atoms with Crippen LogP contribution in [0.15, 0.2) is 36.5 Å². The first-order valence-electron chi connectivity index (χ1n) is 10.2. The molecule has 1 aliphatic rings. The topological polar surface area (TPSA) is 95.0 Å². The predicted octanol–water partition coefficient (Wildman–Crippen LogP) is 2.87. The standard InChI is InChI=1S/C22H26ClFN4O4/c1-14-11-28(15(2)10-27(14)12-16-3-5-18(24)6-4-16)20(29)13-32-22-19(25-9-21(30)31)7-17(23)8-26-22/h3-8,14-15,25H,9-13H2,1-2H3,(H,30,31). The number of halogens is 2. The summed E-state index contributed by atoms with van der Waals surface area (Å²) in [6.07, 6.45) is 1.37. The Balaban J connectivity index is 1.58. The number of rotatable bonds is 8. The van der Waals surface area contributed by atoms with Gasteiger partial charge in [-0.2, -0.15) is 0 Å². The van der Waals surface area contributed by atoms with Crippen molar-refractivity contribution in [1.29, 1.82) is 0 Å². The minimum Gasteiger partial charge on any atom is -0.480 e. The van der Waals surface area contributed by atoms with Gasteiger partial charge in [0.15, 0.2) is 6.61 Å². The zero-order chi connectivity index (χ0) is 23.3. The molecule has 2 heterocycles. The number of carboxylic acids is 1. The molecule has 2 unspecified atom stereocenters. The molecular formula is C22H26ClFN4O4. The van der Waals surface area contributed by atoms with Crippen LogP contribution in [0.3, 0.4) is 0 Å². The van der Waals surface area contributed by atoms with Crippen molar-refractivity contribution in [2.45, 2.75) is 32.5 Å². The summed E-state index contributed by atoms with van der Waals surface area (Å²) in [5, 5.41) is 11.9. The van der Waals surface area contributed by atoms with Gasteiger partial charge in [-0.25, -0.2) is 9.37 Å². The maximum absolute atomic E-state index is 13.2. The van der Waals surface area contributed by atoms with Crippen LogP contribution in [-0.2, 0) is 16.1 Å². The van der Waals surface area contributed by atoms with Crippen LogP contribution >= 0.6 is 11.6 Å². The number of piperazine rings is 1. The summed E-state index contributed by atoms with van der Waals surface area (Å²) in [6.45, 7) is 5.34. The van der Waals surface area contributed by atoms with E-state index in [-0.39, 0.29) is 42.8 Å². The molecule has 1 aliphatic heterocycles. The summed E-state index contributed by atoms with van der Waals surface area (Å²) < 4.78 is 18.7. The summed E-state index contributed by atoms with van der Waals surface area (Å²) in [7, 11) is 0. The molecule has 0 saturated carbocycles. The molecule has 10 heteroatoms. The highest BCUT2D eigenvalue weighted by molar-refractivity contribution is 6.30. The highest BCUT2D eigenvalue weighted by Gasteiger charge is 2.32. The van der Waals surface area contributed by atoms with Gasteiger partial charge in [0.1, 0.15) is 12.4 Å². The van der Waals surface area contributed by atoms with Gasteiger partial charge >= 0.3 is 5.97 Å². The summed E-state index contributed by atoms with van der Waals surface area (Å²) in [4.78, 5) is 31.8. The number of carbonyl (C=O) groups excluding carboxylic acids is 1. The molecule has 1 aromatic carbocycles. The highest BCUT2D eigenvalue weighted by atomic mass is 35.5. The lowest BCUT2D eigenvalue weighted by Crippen LogP contribution is -2.58. The van der Waals surface area contributed by atoms with Crippen LogP contribution in [0.1, 0.15) is 19.4 Å². The average molecular weight is 465 g/mol. The molecule has 0 spiro atoms. The molecular weight excluding hydrogens is 439 g/mol. The van der Waals surface area contributed by atoms with Crippen LogP contribution in [0.4, 0.5) is 10.1 Å². The summed E-state index contributed by atoms with van der Waals surface area (Å²) >= 11 is 5.93. The van der Waals surface area contributed by atoms with Gasteiger partial charge in [-0.05, 0) is 37.6 Å². The first kappa shape index (κ1) is 23.7. The lowest BCUT2D eigenvalue weighted by Gasteiger charge is -2.44. The normalized spacial score (nSPS) is 18.9. The Kier molecular flexibility index (Phi) is 7.87. The quantitative estimate of drug-likeness (QED) is 0.620. The third-order valence-electron chi connectivity index (χ3n) is 5.31. The predicted molar refractivity (Wildman–Crippen MR) is 118 cm³/mol. The Morgan fingerprint density at radius 1 is 1.25 bits per heavy atom. The van der Waals surface area contributed by atoms with Crippen molar-refractivity contribution in [3.63, 3.8) is 0 Å². The Labute approximate surface area is 190 Å². The molecule has 3 rings (SSSR count). The van der Waals surface area contributed by atoms with E-state index in [4.69, 9.17) is 21.4 Å². The second kappa shape index (κ2) is 10.6. The zero-order valence-electron chi connectivity index (χ0n) is 17.9. The molecule has 0 aliphatic carbocycles. The number of aliphatic carboxylic acids is 1. The third-order valence-corrected chi connectivity index (χ3v) is 5.52. The highest BCUT2D eigenvalue weighted by Crippen LogP contribution is 2.25. The Morgan fingerprint density at radius 3 is 2.66 bits per heavy atom. The molecule has 172 valence electrons. The second-order valence-electron chi connectivity index (χ2n) is 7.84. The zero-order valence-corrected chi connectivity index (χ0v) is 18.7. The van der Waals surface area contributed by atoms with Gasteiger partial charge < -0.3 is 20.1 Å². The molecule has 32 heavy (non-hydrogen) atoms. The van der Waals surface area contributed by atoms with Crippen LogP contribution in [0.2, 0.25) is 5.02 Å². The van der Waals surface area contributed by atoms with Gasteiger partial charge in [0.05, 0.1) is 10.7 Å². The largest absolute Gasteiger partial charge is 0.480 e. The van der Waals surface area contributed by atoms with Crippen LogP contribution in [-0.4, -0.2) is 70.1 Å². The fraction of sp³-hybridized carbons (Fsp3) is 0.409. The van der Waals surface area contributed by atoms with E-state index in [9.17, 15) is 14.0 Å². The van der Waals surface area contributed by atoms with Gasteiger partial charge in [0, 0.05) is 37.9 Å². The maximum Gasteiger partial charge on any atom is 0.322 e. The van der Waals surface area contributed by atoms with Crippen molar-refractivity contribution in [2.24, 2.45) is 0 Å². The number of amides is 1. The second-order valence-corrected chi connectivity index (χ2v) is 8.28. The summed E-state index contributed by atoms with van der Waals surface area (Å²) in [6, 6.07) is 8.01. The number of nitrogens with one attached hydrogen (secondary N) is 1. The van der Waals surface area contributed by atoms with E-state index >= 15 is 0 Å². The van der Waals surface area contributed by atoms with Crippen molar-refractivity contribution >= 4 is 29.2 Å². The van der Waals surface area contributed by atoms with E-state index in [1.54, 1.807) is 17.0 Å². The molecule has 0 radical (unpaired) electrons. The number of anilines is 1. The first-order valence-corrected chi connectivity index (χ1v) is 10.6. The van der Waals surface area contributed by atoms with Crippen LogP contribution < -0.4 is 10.1 Å². The number of ether oxygens (including phenoxy) is 1. The van der Waals surface area contributed by atoms with Gasteiger partial charge in [-0.3, -0.25) is 14.5 Å². The van der Waals surface area contributed by atoms with E-state index in [2.05, 4.69) is 15.2 Å². The van der Waals surface area contributed by atoms with E-state index in [0.717, 1.165) is 5.56 Å². The Bertz CT molecular complexity index is 959. The van der Waals surface area contributed by atoms with E-state index in [1.807, 2.05) is 13.8 Å². The lowest BCUT2D eigenvalue weighted by atomic mass is 10.1. The lowest BCUT2D eigenvalue weighted by molar-refractivity contribution is -0.139. The number of benzene rings is 1. The molecule has 8 nitrogen and oxygen atoms in total. The fourth-order valence-electron chi connectivity index (χ4n) is 3.64. The van der Waals surface area contributed by atoms with Gasteiger partial charge in [0.25, 0.3) is 5.91 Å². The summed E-state index contributed by atoms with van der Waals surface area (Å²) in [5.41, 5.74) is 1.32. The van der Waals surface area contributed by atoms with Gasteiger partial charge in [-0.15, -0.1) is 0 Å². The molecule has 2 atom stereocenters. The molecule has 1 amide bonds. The van der Waals surface area contributed by atoms with E-state index in [0.29, 0.717) is 30.3 Å². The smallest absolute Gasteiger partial charge is 0.322 e. The SMILES string of the molecule is CC1CN(C(=O)COc2ncc(Cl)cc2NCC(=O)O)C(C)CN1Cc1ccc(F)cc1. The van der Waals surface area contributed by atoms with Crippen molar-refractivity contribution in [1.82, 2.24) is 14.8 Å². The van der Waals surface area contributed by atoms with Gasteiger partial charge in [0.2, 0.25) is 5.88 Å². The Hall–Kier alpha value is -2.91. The van der Waals surface area contributed by atoms with E-state index < -0.39 is 5.97 Å². The number of nitrogens with zero attached hydrogens (tertiary/aromatic N) is 3. The average Bonchev–Trinajstić information content (AvgIpc) is 2.75.